The molecule has 2 aromatic carbocycles. The van der Waals surface area contributed by atoms with Crippen molar-refractivity contribution in [3.05, 3.63) is 64.1 Å². The van der Waals surface area contributed by atoms with Gasteiger partial charge in [0.2, 0.25) is 0 Å². The highest BCUT2D eigenvalue weighted by atomic mass is 35.5. The van der Waals surface area contributed by atoms with Crippen molar-refractivity contribution in [3.8, 4) is 5.75 Å². The Hall–Kier alpha value is -1.36. The van der Waals surface area contributed by atoms with Gasteiger partial charge < -0.3 is 10.1 Å². The Morgan fingerprint density at radius 1 is 1.16 bits per heavy atom. The van der Waals surface area contributed by atoms with Gasteiger partial charge in [-0.25, -0.2) is 0 Å². The molecule has 2 rings (SSSR count). The summed E-state index contributed by atoms with van der Waals surface area (Å²) in [6.45, 7) is 2.52. The number of hydrogen-bond donors (Lipinski definition) is 1. The predicted molar refractivity (Wildman–Crippen MR) is 107 cm³/mol. The molecule has 0 aromatic heterocycles. The molecule has 0 saturated heterocycles. The quantitative estimate of drug-likeness (QED) is 0.590. The molecule has 0 spiro atoms. The highest BCUT2D eigenvalue weighted by Gasteiger charge is 2.17. The minimum Gasteiger partial charge on any atom is -0.481 e. The first-order chi connectivity index (χ1) is 12.1. The fraction of sp³-hybridized carbons (Fsp3) is 0.316. The van der Waals surface area contributed by atoms with Crippen molar-refractivity contribution in [2.45, 2.75) is 25.2 Å². The van der Waals surface area contributed by atoms with Gasteiger partial charge in [-0.15, -0.1) is 0 Å². The maximum Gasteiger partial charge on any atom is 0.261 e. The van der Waals surface area contributed by atoms with E-state index in [1.165, 1.54) is 5.56 Å². The van der Waals surface area contributed by atoms with Gasteiger partial charge in [-0.1, -0.05) is 48.3 Å². The molecule has 2 aromatic rings. The maximum absolute atomic E-state index is 12.2. The van der Waals surface area contributed by atoms with Crippen molar-refractivity contribution in [2.75, 3.05) is 12.3 Å². The topological polar surface area (TPSA) is 38.3 Å². The zero-order chi connectivity index (χ0) is 18.1. The molecule has 0 radical (unpaired) electrons. The van der Waals surface area contributed by atoms with Gasteiger partial charge in [0.05, 0.1) is 0 Å². The SMILES string of the molecule is CC[C@@H](Oc1cccc(Cl)c1)C(=O)NCCSCc1cccc(Cl)c1. The number of nitrogens with one attached hydrogen (secondary N) is 1. The fourth-order valence-corrected chi connectivity index (χ4v) is 3.40. The number of carbonyl (C=O) groups is 1. The number of rotatable bonds is 9. The molecule has 0 saturated carbocycles. The minimum absolute atomic E-state index is 0.106. The first-order valence-electron chi connectivity index (χ1n) is 8.10. The van der Waals surface area contributed by atoms with Crippen LogP contribution in [-0.4, -0.2) is 24.3 Å². The van der Waals surface area contributed by atoms with Crippen LogP contribution in [0.3, 0.4) is 0 Å². The average Bonchev–Trinajstić information content (AvgIpc) is 2.59. The summed E-state index contributed by atoms with van der Waals surface area (Å²) < 4.78 is 5.73. The second kappa shape index (κ2) is 10.6. The van der Waals surface area contributed by atoms with Crippen LogP contribution in [0.1, 0.15) is 18.9 Å². The predicted octanol–water partition coefficient (Wildman–Crippen LogP) is 5.20. The van der Waals surface area contributed by atoms with Crippen molar-refractivity contribution in [1.82, 2.24) is 5.32 Å². The third kappa shape index (κ3) is 7.18. The number of benzene rings is 2. The molecule has 0 aliphatic carbocycles. The van der Waals surface area contributed by atoms with Crippen LogP contribution in [-0.2, 0) is 10.5 Å². The molecule has 0 heterocycles. The van der Waals surface area contributed by atoms with E-state index in [0.717, 1.165) is 16.5 Å². The van der Waals surface area contributed by atoms with E-state index in [9.17, 15) is 4.79 Å². The Balaban J connectivity index is 1.71. The normalized spacial score (nSPS) is 11.8. The second-order valence-corrected chi connectivity index (χ2v) is 7.42. The summed E-state index contributed by atoms with van der Waals surface area (Å²) >= 11 is 13.7. The molecule has 0 aliphatic rings. The van der Waals surface area contributed by atoms with Gasteiger partial charge in [0.15, 0.2) is 6.10 Å². The molecule has 0 aliphatic heterocycles. The monoisotopic (exact) mass is 397 g/mol. The van der Waals surface area contributed by atoms with Gasteiger partial charge in [-0.05, 0) is 42.3 Å². The molecule has 1 amide bonds. The summed E-state index contributed by atoms with van der Waals surface area (Å²) in [5, 5.41) is 4.26. The first kappa shape index (κ1) is 20.0. The molecule has 134 valence electrons. The molecule has 3 nitrogen and oxygen atoms in total. The van der Waals surface area contributed by atoms with Crippen molar-refractivity contribution in [1.29, 1.82) is 0 Å². The van der Waals surface area contributed by atoms with Crippen molar-refractivity contribution >= 4 is 40.9 Å². The maximum atomic E-state index is 12.2. The first-order valence-corrected chi connectivity index (χ1v) is 10.0. The molecule has 1 N–H and O–H groups in total. The van der Waals surface area contributed by atoms with E-state index in [-0.39, 0.29) is 5.91 Å². The van der Waals surface area contributed by atoms with Crippen molar-refractivity contribution in [3.63, 3.8) is 0 Å². The summed E-state index contributed by atoms with van der Waals surface area (Å²) in [5.41, 5.74) is 1.18. The molecule has 0 fully saturated rings. The van der Waals surface area contributed by atoms with Crippen molar-refractivity contribution in [2.24, 2.45) is 0 Å². The van der Waals surface area contributed by atoms with E-state index in [4.69, 9.17) is 27.9 Å². The van der Waals surface area contributed by atoms with Crippen LogP contribution in [0.15, 0.2) is 48.5 Å². The second-order valence-electron chi connectivity index (χ2n) is 5.45. The number of thioether (sulfide) groups is 1. The Bertz CT molecular complexity index is 697. The third-order valence-corrected chi connectivity index (χ3v) is 4.94. The highest BCUT2D eigenvalue weighted by molar-refractivity contribution is 7.98. The Morgan fingerprint density at radius 2 is 1.88 bits per heavy atom. The van der Waals surface area contributed by atoms with Crippen LogP contribution in [0.2, 0.25) is 10.0 Å². The van der Waals surface area contributed by atoms with Crippen LogP contribution in [0.25, 0.3) is 0 Å². The summed E-state index contributed by atoms with van der Waals surface area (Å²) in [5.74, 6) is 2.19. The highest BCUT2D eigenvalue weighted by Crippen LogP contribution is 2.19. The lowest BCUT2D eigenvalue weighted by atomic mass is 10.2. The van der Waals surface area contributed by atoms with Gasteiger partial charge in [0.25, 0.3) is 5.91 Å². The Kier molecular flexibility index (Phi) is 8.45. The van der Waals surface area contributed by atoms with E-state index in [1.807, 2.05) is 31.2 Å². The van der Waals surface area contributed by atoms with Gasteiger partial charge >= 0.3 is 0 Å². The number of halogens is 2. The molecule has 0 unspecified atom stereocenters. The fourth-order valence-electron chi connectivity index (χ4n) is 2.20. The van der Waals surface area contributed by atoms with Crippen LogP contribution >= 0.6 is 35.0 Å². The zero-order valence-electron chi connectivity index (χ0n) is 14.0. The van der Waals surface area contributed by atoms with Gasteiger partial charge in [0, 0.05) is 28.1 Å². The van der Waals surface area contributed by atoms with E-state index in [1.54, 1.807) is 36.0 Å². The average molecular weight is 398 g/mol. The summed E-state index contributed by atoms with van der Waals surface area (Å²) in [6, 6.07) is 14.9. The smallest absolute Gasteiger partial charge is 0.261 e. The van der Waals surface area contributed by atoms with Crippen molar-refractivity contribution < 1.29 is 9.53 Å². The van der Waals surface area contributed by atoms with E-state index in [0.29, 0.717) is 23.7 Å². The van der Waals surface area contributed by atoms with Gasteiger partial charge in [-0.3, -0.25) is 4.79 Å². The molecule has 0 bridgehead atoms. The van der Waals surface area contributed by atoms with Crippen LogP contribution in [0.4, 0.5) is 0 Å². The lowest BCUT2D eigenvalue weighted by molar-refractivity contribution is -0.127. The summed E-state index contributed by atoms with van der Waals surface area (Å²) in [4.78, 5) is 12.2. The van der Waals surface area contributed by atoms with Gasteiger partial charge in [-0.2, -0.15) is 11.8 Å². The largest absolute Gasteiger partial charge is 0.481 e. The van der Waals surface area contributed by atoms with E-state index < -0.39 is 6.10 Å². The molecule has 1 atom stereocenters. The van der Waals surface area contributed by atoms with Crippen LogP contribution in [0.5, 0.6) is 5.75 Å². The van der Waals surface area contributed by atoms with E-state index >= 15 is 0 Å². The molecular weight excluding hydrogens is 377 g/mol. The Morgan fingerprint density at radius 3 is 2.56 bits per heavy atom. The summed E-state index contributed by atoms with van der Waals surface area (Å²) in [6.07, 6.45) is 0.0740. The standard InChI is InChI=1S/C19H21Cl2NO2S/c1-2-18(24-17-8-4-7-16(21)12-17)19(23)22-9-10-25-13-14-5-3-6-15(20)11-14/h3-8,11-12,18H,2,9-10,13H2,1H3,(H,22,23)/t18-/m1/s1. The number of amides is 1. The third-order valence-electron chi connectivity index (χ3n) is 3.44. The lowest BCUT2D eigenvalue weighted by Gasteiger charge is -2.17. The Labute approximate surface area is 163 Å². The number of ether oxygens (including phenoxy) is 1. The number of hydrogen-bond acceptors (Lipinski definition) is 3. The molecular formula is C19H21Cl2NO2S. The molecule has 6 heteroatoms. The van der Waals surface area contributed by atoms with Gasteiger partial charge in [0.1, 0.15) is 5.75 Å². The summed E-state index contributed by atoms with van der Waals surface area (Å²) in [7, 11) is 0. The molecule has 25 heavy (non-hydrogen) atoms. The van der Waals surface area contributed by atoms with Crippen LogP contribution < -0.4 is 10.1 Å². The zero-order valence-corrected chi connectivity index (χ0v) is 16.3. The van der Waals surface area contributed by atoms with Crippen LogP contribution in [0, 0.1) is 0 Å². The van der Waals surface area contributed by atoms with E-state index in [2.05, 4.69) is 5.32 Å². The lowest BCUT2D eigenvalue weighted by Crippen LogP contribution is -2.39. The minimum atomic E-state index is -0.517. The number of carbonyl (C=O) groups excluding carboxylic acids is 1.